The number of nitrogens with one attached hydrogen (secondary N) is 1. The molecule has 2 aromatic carbocycles. The summed E-state index contributed by atoms with van der Waals surface area (Å²) in [6.07, 6.45) is 3.25. The van der Waals surface area contributed by atoms with E-state index in [1.807, 2.05) is 36.1 Å². The first-order valence-electron chi connectivity index (χ1n) is 11.8. The molecule has 0 aromatic heterocycles. The molecule has 7 nitrogen and oxygen atoms in total. The number of hydrogen-bond donors (Lipinski definition) is 1. The average molecular weight is 471 g/mol. The molecule has 2 saturated heterocycles. The first kappa shape index (κ1) is 23.9. The zero-order valence-corrected chi connectivity index (χ0v) is 20.2. The lowest BCUT2D eigenvalue weighted by molar-refractivity contribution is -0.117. The Morgan fingerprint density at radius 2 is 1.48 bits per heavy atom. The van der Waals surface area contributed by atoms with Crippen molar-refractivity contribution in [2.45, 2.75) is 37.6 Å². The number of rotatable bonds is 7. The van der Waals surface area contributed by atoms with Crippen molar-refractivity contribution in [3.05, 3.63) is 59.7 Å². The van der Waals surface area contributed by atoms with Gasteiger partial charge in [-0.3, -0.25) is 14.6 Å². The number of nitrogens with zero attached hydrogens (tertiary/aromatic N) is 3. The van der Waals surface area contributed by atoms with Crippen molar-refractivity contribution in [2.24, 2.45) is 0 Å². The minimum Gasteiger partial charge on any atom is -0.325 e. The summed E-state index contributed by atoms with van der Waals surface area (Å²) in [4.78, 5) is 17.4. The lowest BCUT2D eigenvalue weighted by Crippen LogP contribution is -2.38. The summed E-state index contributed by atoms with van der Waals surface area (Å²) in [6.45, 7) is 7.57. The first-order chi connectivity index (χ1) is 15.9. The van der Waals surface area contributed by atoms with Gasteiger partial charge < -0.3 is 5.32 Å². The minimum absolute atomic E-state index is 0.0721. The van der Waals surface area contributed by atoms with E-state index in [1.54, 1.807) is 12.1 Å². The van der Waals surface area contributed by atoms with Crippen LogP contribution >= 0.6 is 0 Å². The fourth-order valence-electron chi connectivity index (χ4n) is 4.50. The monoisotopic (exact) mass is 470 g/mol. The van der Waals surface area contributed by atoms with E-state index in [0.717, 1.165) is 30.9 Å². The highest BCUT2D eigenvalue weighted by Gasteiger charge is 2.27. The summed E-state index contributed by atoms with van der Waals surface area (Å²) in [6, 6.07) is 15.0. The quantitative estimate of drug-likeness (QED) is 0.674. The molecule has 1 amide bonds. The van der Waals surface area contributed by atoms with Gasteiger partial charge in [0.05, 0.1) is 11.4 Å². The Morgan fingerprint density at radius 3 is 2.18 bits per heavy atom. The number of amides is 1. The maximum atomic E-state index is 13.0. The van der Waals surface area contributed by atoms with Crippen LogP contribution in [0.1, 0.15) is 30.4 Å². The SMILES string of the molecule is Cc1ccc(S(=O)(=O)N2CCCN(CC(=O)Nc3ccc(CN4CCCC4)cc3)CC2)cc1. The van der Waals surface area contributed by atoms with Crippen molar-refractivity contribution < 1.29 is 13.2 Å². The number of carbonyl (C=O) groups excluding carboxylic acids is 1. The fraction of sp³-hybridized carbons (Fsp3) is 0.480. The maximum absolute atomic E-state index is 13.0. The van der Waals surface area contributed by atoms with Gasteiger partial charge in [0.1, 0.15) is 0 Å². The molecule has 0 radical (unpaired) electrons. The second kappa shape index (κ2) is 10.8. The molecule has 0 saturated carbocycles. The molecule has 4 rings (SSSR count). The second-order valence-electron chi connectivity index (χ2n) is 9.08. The van der Waals surface area contributed by atoms with Gasteiger partial charge >= 0.3 is 0 Å². The molecular weight excluding hydrogens is 436 g/mol. The van der Waals surface area contributed by atoms with Crippen molar-refractivity contribution >= 4 is 21.6 Å². The van der Waals surface area contributed by atoms with Crippen LogP contribution in [-0.2, 0) is 21.4 Å². The first-order valence-corrected chi connectivity index (χ1v) is 13.2. The molecule has 178 valence electrons. The van der Waals surface area contributed by atoms with Crippen LogP contribution in [0.2, 0.25) is 0 Å². The third-order valence-electron chi connectivity index (χ3n) is 6.42. The minimum atomic E-state index is -3.51. The molecule has 8 heteroatoms. The maximum Gasteiger partial charge on any atom is 0.243 e. The molecule has 0 bridgehead atoms. The van der Waals surface area contributed by atoms with Gasteiger partial charge in [-0.25, -0.2) is 8.42 Å². The zero-order chi connectivity index (χ0) is 23.3. The van der Waals surface area contributed by atoms with Gasteiger partial charge in [-0.1, -0.05) is 29.8 Å². The van der Waals surface area contributed by atoms with E-state index in [1.165, 1.54) is 22.7 Å². The Hall–Kier alpha value is -2.26. The van der Waals surface area contributed by atoms with E-state index in [4.69, 9.17) is 0 Å². The van der Waals surface area contributed by atoms with Crippen LogP contribution < -0.4 is 5.32 Å². The van der Waals surface area contributed by atoms with Crippen molar-refractivity contribution in [3.63, 3.8) is 0 Å². The third-order valence-corrected chi connectivity index (χ3v) is 8.33. The van der Waals surface area contributed by atoms with Gasteiger partial charge in [-0.2, -0.15) is 4.31 Å². The van der Waals surface area contributed by atoms with Gasteiger partial charge in [0, 0.05) is 31.9 Å². The Morgan fingerprint density at radius 1 is 0.818 bits per heavy atom. The van der Waals surface area contributed by atoms with Crippen LogP contribution in [0, 0.1) is 6.92 Å². The van der Waals surface area contributed by atoms with Crippen LogP contribution in [0.3, 0.4) is 0 Å². The highest BCUT2D eigenvalue weighted by atomic mass is 32.2. The highest BCUT2D eigenvalue weighted by Crippen LogP contribution is 2.19. The van der Waals surface area contributed by atoms with E-state index in [2.05, 4.69) is 22.3 Å². The van der Waals surface area contributed by atoms with Gasteiger partial charge in [0.2, 0.25) is 15.9 Å². The molecule has 0 atom stereocenters. The van der Waals surface area contributed by atoms with Crippen molar-refractivity contribution in [1.82, 2.24) is 14.1 Å². The van der Waals surface area contributed by atoms with E-state index in [9.17, 15) is 13.2 Å². The van der Waals surface area contributed by atoms with Crippen LogP contribution in [0.15, 0.2) is 53.4 Å². The number of likely N-dealkylation sites (tertiary alicyclic amines) is 1. The van der Waals surface area contributed by atoms with Crippen LogP contribution in [0.5, 0.6) is 0 Å². The summed E-state index contributed by atoms with van der Waals surface area (Å²) < 4.78 is 27.5. The number of carbonyl (C=O) groups is 1. The predicted octanol–water partition coefficient (Wildman–Crippen LogP) is 2.93. The van der Waals surface area contributed by atoms with Crippen molar-refractivity contribution in [1.29, 1.82) is 0 Å². The number of sulfonamides is 1. The topological polar surface area (TPSA) is 73.0 Å². The smallest absolute Gasteiger partial charge is 0.243 e. The van der Waals surface area contributed by atoms with Crippen molar-refractivity contribution in [3.8, 4) is 0 Å². The fourth-order valence-corrected chi connectivity index (χ4v) is 5.97. The Balaban J connectivity index is 1.27. The van der Waals surface area contributed by atoms with Crippen LogP contribution in [0.4, 0.5) is 5.69 Å². The Bertz CT molecular complexity index is 1030. The van der Waals surface area contributed by atoms with Gasteiger partial charge in [-0.15, -0.1) is 0 Å². The normalized spacial score (nSPS) is 18.8. The Labute approximate surface area is 197 Å². The van der Waals surface area contributed by atoms with Gasteiger partial charge in [0.15, 0.2) is 0 Å². The molecule has 2 aliphatic heterocycles. The standard InChI is InChI=1S/C25H34N4O3S/c1-21-5-11-24(12-6-21)33(31,32)29-16-4-15-28(17-18-29)20-25(30)26-23-9-7-22(8-10-23)19-27-13-2-3-14-27/h5-12H,2-4,13-20H2,1H3,(H,26,30). The molecule has 1 N–H and O–H groups in total. The summed E-state index contributed by atoms with van der Waals surface area (Å²) in [5.41, 5.74) is 3.09. The molecule has 0 spiro atoms. The number of benzene rings is 2. The largest absolute Gasteiger partial charge is 0.325 e. The van der Waals surface area contributed by atoms with Crippen LogP contribution in [-0.4, -0.2) is 74.2 Å². The zero-order valence-electron chi connectivity index (χ0n) is 19.4. The third kappa shape index (κ3) is 6.41. The molecule has 2 aliphatic rings. The lowest BCUT2D eigenvalue weighted by atomic mass is 10.2. The Kier molecular flexibility index (Phi) is 7.80. The molecule has 0 unspecified atom stereocenters. The molecule has 2 aromatic rings. The van der Waals surface area contributed by atoms with E-state index >= 15 is 0 Å². The molecule has 2 fully saturated rings. The lowest BCUT2D eigenvalue weighted by Gasteiger charge is -2.21. The highest BCUT2D eigenvalue weighted by molar-refractivity contribution is 7.89. The molecule has 2 heterocycles. The summed E-state index contributed by atoms with van der Waals surface area (Å²) in [7, 11) is -3.51. The second-order valence-corrected chi connectivity index (χ2v) is 11.0. The summed E-state index contributed by atoms with van der Waals surface area (Å²) >= 11 is 0. The van der Waals surface area contributed by atoms with Gasteiger partial charge in [0.25, 0.3) is 0 Å². The van der Waals surface area contributed by atoms with Crippen LogP contribution in [0.25, 0.3) is 0 Å². The number of aryl methyl sites for hydroxylation is 1. The molecule has 0 aliphatic carbocycles. The van der Waals surface area contributed by atoms with E-state index in [-0.39, 0.29) is 12.5 Å². The summed E-state index contributed by atoms with van der Waals surface area (Å²) in [5.74, 6) is -0.0721. The van der Waals surface area contributed by atoms with E-state index < -0.39 is 10.0 Å². The van der Waals surface area contributed by atoms with Gasteiger partial charge in [-0.05, 0) is 75.6 Å². The summed E-state index contributed by atoms with van der Waals surface area (Å²) in [5, 5.41) is 2.98. The predicted molar refractivity (Wildman–Crippen MR) is 131 cm³/mol. The molecular formula is C25H34N4O3S. The molecule has 33 heavy (non-hydrogen) atoms. The number of hydrogen-bond acceptors (Lipinski definition) is 5. The van der Waals surface area contributed by atoms with E-state index in [0.29, 0.717) is 37.5 Å². The number of anilines is 1. The van der Waals surface area contributed by atoms with Crippen molar-refractivity contribution in [2.75, 3.05) is 51.1 Å². The average Bonchev–Trinajstić information content (AvgIpc) is 3.19.